The predicted octanol–water partition coefficient (Wildman–Crippen LogP) is 1.68. The molecule has 0 aliphatic carbocycles. The van der Waals surface area contributed by atoms with Gasteiger partial charge in [-0.2, -0.15) is 5.10 Å². The molecule has 2 aromatic rings. The maximum atomic E-state index is 10.9. The average Bonchev–Trinajstić information content (AvgIpc) is 2.57. The zero-order valence-electron chi connectivity index (χ0n) is 8.72. The van der Waals surface area contributed by atoms with Crippen molar-refractivity contribution in [2.24, 2.45) is 7.05 Å². The van der Waals surface area contributed by atoms with Gasteiger partial charge in [-0.05, 0) is 12.0 Å². The van der Waals surface area contributed by atoms with E-state index in [4.69, 9.17) is 10.7 Å². The van der Waals surface area contributed by atoms with Crippen molar-refractivity contribution in [2.75, 3.05) is 5.75 Å². The second kappa shape index (κ2) is 4.07. The smallest absolute Gasteiger partial charge is 0.232 e. The minimum atomic E-state index is -3.44. The molecule has 0 aliphatic rings. The highest BCUT2D eigenvalue weighted by molar-refractivity contribution is 8.13. The van der Waals surface area contributed by atoms with Gasteiger partial charge >= 0.3 is 0 Å². The Morgan fingerprint density at radius 1 is 1.44 bits per heavy atom. The number of hydrogen-bond donors (Lipinski definition) is 0. The molecule has 86 valence electrons. The standard InChI is InChI=1S/C10H11ClN2O2S/c1-13-10-8(5-6-16(11,14)15)3-2-4-9(10)7-12-13/h2-4,7H,5-6H2,1H3. The summed E-state index contributed by atoms with van der Waals surface area (Å²) in [7, 11) is 3.59. The van der Waals surface area contributed by atoms with Crippen LogP contribution in [0, 0.1) is 0 Å². The Morgan fingerprint density at radius 3 is 2.88 bits per heavy atom. The highest BCUT2D eigenvalue weighted by Gasteiger charge is 2.10. The molecule has 2 rings (SSSR count). The first-order valence-corrected chi connectivity index (χ1v) is 7.27. The number of benzene rings is 1. The van der Waals surface area contributed by atoms with Crippen molar-refractivity contribution < 1.29 is 8.42 Å². The minimum absolute atomic E-state index is 0.0567. The Kier molecular flexibility index (Phi) is 2.90. The predicted molar refractivity (Wildman–Crippen MR) is 64.1 cm³/mol. The third kappa shape index (κ3) is 2.36. The van der Waals surface area contributed by atoms with E-state index in [1.807, 2.05) is 25.2 Å². The number of nitrogens with zero attached hydrogens (tertiary/aromatic N) is 2. The third-order valence-electron chi connectivity index (χ3n) is 2.46. The van der Waals surface area contributed by atoms with E-state index in [2.05, 4.69) is 5.10 Å². The van der Waals surface area contributed by atoms with Gasteiger partial charge in [0.2, 0.25) is 9.05 Å². The summed E-state index contributed by atoms with van der Waals surface area (Å²) in [5.41, 5.74) is 1.91. The summed E-state index contributed by atoms with van der Waals surface area (Å²) < 4.78 is 23.6. The molecule has 4 nitrogen and oxygen atoms in total. The molecule has 0 atom stereocenters. The molecule has 0 aliphatic heterocycles. The molecule has 0 fully saturated rings. The van der Waals surface area contributed by atoms with E-state index in [1.54, 1.807) is 10.9 Å². The molecule has 1 aromatic heterocycles. The van der Waals surface area contributed by atoms with E-state index in [1.165, 1.54) is 0 Å². The number of aryl methyl sites for hydroxylation is 2. The SMILES string of the molecule is Cn1ncc2cccc(CCS(=O)(=O)Cl)c21. The van der Waals surface area contributed by atoms with Gasteiger partial charge in [-0.25, -0.2) is 8.42 Å². The number of halogens is 1. The zero-order valence-corrected chi connectivity index (χ0v) is 10.3. The Bertz CT molecular complexity index is 619. The molecular formula is C10H11ClN2O2S. The Hall–Kier alpha value is -1.07. The van der Waals surface area contributed by atoms with Crippen molar-refractivity contribution in [2.45, 2.75) is 6.42 Å². The van der Waals surface area contributed by atoms with Crippen LogP contribution in [0.4, 0.5) is 0 Å². The molecule has 0 saturated heterocycles. The third-order valence-corrected chi connectivity index (χ3v) is 3.61. The first-order valence-electron chi connectivity index (χ1n) is 4.79. The molecule has 1 heterocycles. The number of rotatable bonds is 3. The average molecular weight is 259 g/mol. The Labute approximate surface area is 98.2 Å². The van der Waals surface area contributed by atoms with Gasteiger partial charge in [0.15, 0.2) is 0 Å². The van der Waals surface area contributed by atoms with Gasteiger partial charge in [-0.15, -0.1) is 0 Å². The normalized spacial score (nSPS) is 12.1. The lowest BCUT2D eigenvalue weighted by atomic mass is 10.1. The Balaban J connectivity index is 2.40. The van der Waals surface area contributed by atoms with Gasteiger partial charge in [0.1, 0.15) is 0 Å². The van der Waals surface area contributed by atoms with Gasteiger partial charge in [0, 0.05) is 23.1 Å². The van der Waals surface area contributed by atoms with Gasteiger partial charge in [0.25, 0.3) is 0 Å². The summed E-state index contributed by atoms with van der Waals surface area (Å²) in [5, 5.41) is 5.14. The lowest BCUT2D eigenvalue weighted by molar-refractivity contribution is 0.609. The second-order valence-electron chi connectivity index (χ2n) is 3.62. The molecule has 1 aromatic carbocycles. The van der Waals surface area contributed by atoms with Gasteiger partial charge in [-0.1, -0.05) is 18.2 Å². The van der Waals surface area contributed by atoms with E-state index in [9.17, 15) is 8.42 Å². The zero-order chi connectivity index (χ0) is 11.8. The van der Waals surface area contributed by atoms with E-state index < -0.39 is 9.05 Å². The minimum Gasteiger partial charge on any atom is -0.268 e. The maximum absolute atomic E-state index is 10.9. The summed E-state index contributed by atoms with van der Waals surface area (Å²) in [6, 6.07) is 5.73. The van der Waals surface area contributed by atoms with Crippen molar-refractivity contribution in [3.05, 3.63) is 30.0 Å². The van der Waals surface area contributed by atoms with Crippen LogP contribution in [0.15, 0.2) is 24.4 Å². The van der Waals surface area contributed by atoms with Crippen LogP contribution >= 0.6 is 10.7 Å². The summed E-state index contributed by atoms with van der Waals surface area (Å²) in [6.07, 6.45) is 2.16. The van der Waals surface area contributed by atoms with E-state index in [0.29, 0.717) is 6.42 Å². The lowest BCUT2D eigenvalue weighted by Crippen LogP contribution is -2.03. The van der Waals surface area contributed by atoms with Crippen molar-refractivity contribution in [1.29, 1.82) is 0 Å². The molecule has 0 amide bonds. The molecule has 0 bridgehead atoms. The van der Waals surface area contributed by atoms with Crippen molar-refractivity contribution >= 4 is 30.6 Å². The van der Waals surface area contributed by atoms with Gasteiger partial charge < -0.3 is 0 Å². The highest BCUT2D eigenvalue weighted by atomic mass is 35.7. The molecule has 6 heteroatoms. The molecule has 0 radical (unpaired) electrons. The molecule has 0 unspecified atom stereocenters. The van der Waals surface area contributed by atoms with Gasteiger partial charge in [0.05, 0.1) is 17.5 Å². The van der Waals surface area contributed by atoms with Crippen LogP contribution in [-0.2, 0) is 22.5 Å². The molecule has 0 spiro atoms. The fourth-order valence-electron chi connectivity index (χ4n) is 1.75. The van der Waals surface area contributed by atoms with Crippen LogP contribution in [0.2, 0.25) is 0 Å². The first-order chi connectivity index (χ1) is 7.47. The fraction of sp³-hybridized carbons (Fsp3) is 0.300. The highest BCUT2D eigenvalue weighted by Crippen LogP contribution is 2.18. The quantitative estimate of drug-likeness (QED) is 0.787. The molecule has 0 saturated carbocycles. The number of fused-ring (bicyclic) bond motifs is 1. The maximum Gasteiger partial charge on any atom is 0.232 e. The van der Waals surface area contributed by atoms with Crippen LogP contribution in [0.1, 0.15) is 5.56 Å². The second-order valence-corrected chi connectivity index (χ2v) is 6.51. The van der Waals surface area contributed by atoms with Crippen LogP contribution in [0.3, 0.4) is 0 Å². The van der Waals surface area contributed by atoms with Crippen LogP contribution in [0.5, 0.6) is 0 Å². The number of para-hydroxylation sites is 1. The van der Waals surface area contributed by atoms with Crippen molar-refractivity contribution in [1.82, 2.24) is 9.78 Å². The van der Waals surface area contributed by atoms with E-state index in [-0.39, 0.29) is 5.75 Å². The monoisotopic (exact) mass is 258 g/mol. The summed E-state index contributed by atoms with van der Waals surface area (Å²) in [6.45, 7) is 0. The molecule has 16 heavy (non-hydrogen) atoms. The fourth-order valence-corrected chi connectivity index (χ4v) is 2.45. The van der Waals surface area contributed by atoms with Crippen molar-refractivity contribution in [3.8, 4) is 0 Å². The summed E-state index contributed by atoms with van der Waals surface area (Å²) in [4.78, 5) is 0. The number of hydrogen-bond acceptors (Lipinski definition) is 3. The molecule has 0 N–H and O–H groups in total. The van der Waals surface area contributed by atoms with Crippen LogP contribution in [0.25, 0.3) is 10.9 Å². The lowest BCUT2D eigenvalue weighted by Gasteiger charge is -2.03. The van der Waals surface area contributed by atoms with E-state index in [0.717, 1.165) is 16.5 Å². The summed E-state index contributed by atoms with van der Waals surface area (Å²) in [5.74, 6) is -0.0567. The largest absolute Gasteiger partial charge is 0.268 e. The van der Waals surface area contributed by atoms with Crippen molar-refractivity contribution in [3.63, 3.8) is 0 Å². The van der Waals surface area contributed by atoms with E-state index >= 15 is 0 Å². The van der Waals surface area contributed by atoms with Crippen LogP contribution < -0.4 is 0 Å². The topological polar surface area (TPSA) is 52.0 Å². The molecular weight excluding hydrogens is 248 g/mol. The number of aromatic nitrogens is 2. The first kappa shape index (κ1) is 11.4. The Morgan fingerprint density at radius 2 is 2.19 bits per heavy atom. The summed E-state index contributed by atoms with van der Waals surface area (Å²) >= 11 is 0. The van der Waals surface area contributed by atoms with Gasteiger partial charge in [-0.3, -0.25) is 4.68 Å². The van der Waals surface area contributed by atoms with Crippen LogP contribution in [-0.4, -0.2) is 24.0 Å².